The molecule has 0 spiro atoms. The van der Waals surface area contributed by atoms with Crippen molar-refractivity contribution < 1.29 is 9.21 Å². The van der Waals surface area contributed by atoms with E-state index in [-0.39, 0.29) is 10.9 Å². The highest BCUT2D eigenvalue weighted by atomic mass is 35.5. The van der Waals surface area contributed by atoms with Crippen LogP contribution in [0.15, 0.2) is 59.0 Å². The summed E-state index contributed by atoms with van der Waals surface area (Å²) in [4.78, 5) is 12.2. The van der Waals surface area contributed by atoms with Crippen molar-refractivity contribution in [3.8, 4) is 11.3 Å². The van der Waals surface area contributed by atoms with E-state index in [2.05, 4.69) is 16.2 Å². The Morgan fingerprint density at radius 2 is 1.70 bits per heavy atom. The molecule has 9 heteroatoms. The third kappa shape index (κ3) is 4.93. The number of benzene rings is 2. The van der Waals surface area contributed by atoms with Crippen LogP contribution in [-0.4, -0.2) is 11.0 Å². The van der Waals surface area contributed by atoms with Gasteiger partial charge in [0.05, 0.1) is 15.7 Å². The van der Waals surface area contributed by atoms with Gasteiger partial charge in [0.25, 0.3) is 0 Å². The second-order valence-electron chi connectivity index (χ2n) is 5.30. The molecule has 1 aromatic heterocycles. The molecular weight excluding hydrogens is 429 g/mol. The molecule has 3 N–H and O–H groups in total. The maximum Gasteiger partial charge on any atom is 0.305 e. The Hall–Kier alpha value is -2.25. The Morgan fingerprint density at radius 1 is 0.926 bits per heavy atom. The molecule has 3 aromatic rings. The number of para-hydroxylation sites is 1. The van der Waals surface area contributed by atoms with E-state index in [9.17, 15) is 4.79 Å². The summed E-state index contributed by atoms with van der Waals surface area (Å²) in [5.74, 6) is -0.0128. The number of hydrazine groups is 1. The summed E-state index contributed by atoms with van der Waals surface area (Å²) in [5.41, 5.74) is 6.22. The highest BCUT2D eigenvalue weighted by Gasteiger charge is 2.14. The van der Waals surface area contributed by atoms with Crippen molar-refractivity contribution in [2.24, 2.45) is 0 Å². The summed E-state index contributed by atoms with van der Waals surface area (Å²) in [6.07, 6.45) is 0. The number of thiocarbonyl (C=S) groups is 1. The van der Waals surface area contributed by atoms with Gasteiger partial charge in [0, 0.05) is 10.6 Å². The van der Waals surface area contributed by atoms with E-state index in [4.69, 9.17) is 51.4 Å². The molecule has 0 fully saturated rings. The molecule has 0 unspecified atom stereocenters. The summed E-state index contributed by atoms with van der Waals surface area (Å²) in [7, 11) is 0. The summed E-state index contributed by atoms with van der Waals surface area (Å²) < 4.78 is 5.56. The predicted molar refractivity (Wildman–Crippen MR) is 112 cm³/mol. The van der Waals surface area contributed by atoms with Crippen LogP contribution in [0.4, 0.5) is 5.69 Å². The zero-order valence-corrected chi connectivity index (χ0v) is 16.6. The van der Waals surface area contributed by atoms with E-state index in [0.29, 0.717) is 32.1 Å². The zero-order valence-electron chi connectivity index (χ0n) is 13.6. The van der Waals surface area contributed by atoms with Gasteiger partial charge in [-0.25, -0.2) is 0 Å². The number of halogens is 3. The third-order valence-electron chi connectivity index (χ3n) is 3.44. The third-order valence-corrected chi connectivity index (χ3v) is 4.53. The monoisotopic (exact) mass is 439 g/mol. The second-order valence-corrected chi connectivity index (χ2v) is 6.96. The highest BCUT2D eigenvalue weighted by Crippen LogP contribution is 2.31. The van der Waals surface area contributed by atoms with Crippen LogP contribution >= 0.6 is 47.0 Å². The zero-order chi connectivity index (χ0) is 19.4. The molecule has 0 aliphatic heterocycles. The van der Waals surface area contributed by atoms with Gasteiger partial charge in [0.2, 0.25) is 0 Å². The molecule has 138 valence electrons. The summed E-state index contributed by atoms with van der Waals surface area (Å²) in [6.45, 7) is 0. The number of rotatable bonds is 3. The predicted octanol–water partition coefficient (Wildman–Crippen LogP) is 5.54. The topological polar surface area (TPSA) is 66.3 Å². The average molecular weight is 441 g/mol. The molecule has 3 rings (SSSR count). The molecule has 0 atom stereocenters. The number of nitrogens with one attached hydrogen (secondary N) is 3. The smallest absolute Gasteiger partial charge is 0.305 e. The van der Waals surface area contributed by atoms with E-state index in [1.165, 1.54) is 6.07 Å². The van der Waals surface area contributed by atoms with Crippen LogP contribution in [0.25, 0.3) is 11.3 Å². The number of anilines is 1. The largest absolute Gasteiger partial charge is 0.451 e. The number of furan rings is 1. The van der Waals surface area contributed by atoms with Gasteiger partial charge in [-0.3, -0.25) is 15.6 Å². The normalized spacial score (nSPS) is 10.3. The first-order valence-electron chi connectivity index (χ1n) is 7.61. The molecule has 0 saturated carbocycles. The van der Waals surface area contributed by atoms with Crippen LogP contribution in [0.3, 0.4) is 0 Å². The van der Waals surface area contributed by atoms with Gasteiger partial charge in [-0.1, -0.05) is 46.9 Å². The molecule has 1 heterocycles. The van der Waals surface area contributed by atoms with Gasteiger partial charge in [-0.2, -0.15) is 0 Å². The lowest BCUT2D eigenvalue weighted by Crippen LogP contribution is -2.43. The minimum absolute atomic E-state index is 0.0779. The summed E-state index contributed by atoms with van der Waals surface area (Å²) in [6, 6.07) is 15.2. The molecule has 1 amide bonds. The van der Waals surface area contributed by atoms with Gasteiger partial charge in [0.15, 0.2) is 10.9 Å². The van der Waals surface area contributed by atoms with Crippen molar-refractivity contribution in [2.45, 2.75) is 0 Å². The van der Waals surface area contributed by atoms with E-state index < -0.39 is 5.91 Å². The lowest BCUT2D eigenvalue weighted by Gasteiger charge is -2.11. The van der Waals surface area contributed by atoms with Gasteiger partial charge in [0.1, 0.15) is 5.76 Å². The summed E-state index contributed by atoms with van der Waals surface area (Å²) >= 11 is 23.3. The second kappa shape index (κ2) is 8.63. The Bertz CT molecular complexity index is 1010. The number of carbonyl (C=O) groups excluding carboxylic acids is 1. The standard InChI is InChI=1S/C18H12Cl3N3O2S/c19-10-5-6-12(20)11(9-10)15-7-8-16(26-15)17(25)23-24-18(27)22-14-4-2-1-3-13(14)21/h1-9H,(H,23,25)(H2,22,24,27). The van der Waals surface area contributed by atoms with Gasteiger partial charge >= 0.3 is 5.91 Å². The van der Waals surface area contributed by atoms with Crippen LogP contribution in [0.1, 0.15) is 10.6 Å². The lowest BCUT2D eigenvalue weighted by molar-refractivity contribution is 0.0917. The molecule has 2 aromatic carbocycles. The van der Waals surface area contributed by atoms with E-state index >= 15 is 0 Å². The maximum atomic E-state index is 12.2. The van der Waals surface area contributed by atoms with Crippen molar-refractivity contribution in [3.05, 3.63) is 75.4 Å². The molecule has 27 heavy (non-hydrogen) atoms. The highest BCUT2D eigenvalue weighted by molar-refractivity contribution is 7.80. The lowest BCUT2D eigenvalue weighted by atomic mass is 10.2. The van der Waals surface area contributed by atoms with Gasteiger partial charge in [-0.15, -0.1) is 0 Å². The fourth-order valence-electron chi connectivity index (χ4n) is 2.18. The minimum Gasteiger partial charge on any atom is -0.451 e. The van der Waals surface area contributed by atoms with Crippen molar-refractivity contribution in [1.29, 1.82) is 0 Å². The first-order valence-corrected chi connectivity index (χ1v) is 9.15. The molecular formula is C18H12Cl3N3O2S. The molecule has 0 aliphatic carbocycles. The molecule has 0 aliphatic rings. The fraction of sp³-hybridized carbons (Fsp3) is 0. The Labute approximate surface area is 175 Å². The summed E-state index contributed by atoms with van der Waals surface area (Å²) in [5, 5.41) is 4.51. The first-order chi connectivity index (χ1) is 12.9. The average Bonchev–Trinajstić information content (AvgIpc) is 3.13. The van der Waals surface area contributed by atoms with Crippen LogP contribution in [0.5, 0.6) is 0 Å². The van der Waals surface area contributed by atoms with Crippen molar-refractivity contribution in [1.82, 2.24) is 10.9 Å². The Morgan fingerprint density at radius 3 is 2.48 bits per heavy atom. The SMILES string of the molecule is O=C(NNC(=S)Nc1ccccc1Cl)c1ccc(-c2cc(Cl)ccc2Cl)o1. The van der Waals surface area contributed by atoms with Crippen LogP contribution in [0.2, 0.25) is 15.1 Å². The fourth-order valence-corrected chi connectivity index (χ4v) is 2.91. The minimum atomic E-state index is -0.511. The molecule has 0 saturated heterocycles. The number of hydrogen-bond acceptors (Lipinski definition) is 3. The van der Waals surface area contributed by atoms with E-state index in [1.807, 2.05) is 0 Å². The quantitative estimate of drug-likeness (QED) is 0.369. The molecule has 0 bridgehead atoms. The molecule has 5 nitrogen and oxygen atoms in total. The Balaban J connectivity index is 1.62. The van der Waals surface area contributed by atoms with Crippen molar-refractivity contribution in [2.75, 3.05) is 5.32 Å². The first kappa shape index (κ1) is 19.5. The van der Waals surface area contributed by atoms with Crippen molar-refractivity contribution in [3.63, 3.8) is 0 Å². The van der Waals surface area contributed by atoms with Crippen LogP contribution < -0.4 is 16.2 Å². The number of carbonyl (C=O) groups is 1. The molecule has 0 radical (unpaired) electrons. The number of amides is 1. The van der Waals surface area contributed by atoms with Crippen LogP contribution in [-0.2, 0) is 0 Å². The van der Waals surface area contributed by atoms with Crippen LogP contribution in [0, 0.1) is 0 Å². The maximum absolute atomic E-state index is 12.2. The van der Waals surface area contributed by atoms with E-state index in [0.717, 1.165) is 0 Å². The van der Waals surface area contributed by atoms with E-state index in [1.54, 1.807) is 48.5 Å². The Kier molecular flexibility index (Phi) is 6.23. The van der Waals surface area contributed by atoms with Crippen molar-refractivity contribution >= 4 is 63.7 Å². The number of hydrogen-bond donors (Lipinski definition) is 3. The van der Waals surface area contributed by atoms with Gasteiger partial charge in [-0.05, 0) is 54.7 Å². The van der Waals surface area contributed by atoms with Gasteiger partial charge < -0.3 is 9.73 Å².